The number of nitrogens with one attached hydrogen (secondary N) is 2. The largest absolute Gasteiger partial charge is 0.350 e. The van der Waals surface area contributed by atoms with E-state index in [1.807, 2.05) is 0 Å². The smallest absolute Gasteiger partial charge is 0.269 e. The number of amides is 1. The fourth-order valence-corrected chi connectivity index (χ4v) is 2.21. The van der Waals surface area contributed by atoms with Gasteiger partial charge in [0.1, 0.15) is 5.69 Å². The number of carbonyl (C=O) groups is 1. The van der Waals surface area contributed by atoms with Crippen LogP contribution in [0.1, 0.15) is 30.3 Å². The summed E-state index contributed by atoms with van der Waals surface area (Å²) in [6.07, 6.45) is 3.66. The second kappa shape index (κ2) is 5.67. The van der Waals surface area contributed by atoms with Crippen molar-refractivity contribution < 1.29 is 4.79 Å². The Hall–Kier alpha value is -1.13. The number of hydrogen-bond acceptors (Lipinski definition) is 3. The highest BCUT2D eigenvalue weighted by atomic mass is 35.5. The van der Waals surface area contributed by atoms with Gasteiger partial charge < -0.3 is 10.6 Å². The topological polar surface area (TPSA) is 54.0 Å². The van der Waals surface area contributed by atoms with Gasteiger partial charge in [-0.05, 0) is 43.5 Å². The van der Waals surface area contributed by atoms with Gasteiger partial charge >= 0.3 is 0 Å². The van der Waals surface area contributed by atoms with Crippen molar-refractivity contribution >= 4 is 17.5 Å². The number of pyridine rings is 1. The van der Waals surface area contributed by atoms with Gasteiger partial charge in [0, 0.05) is 12.7 Å². The lowest BCUT2D eigenvalue weighted by Gasteiger charge is -2.34. The van der Waals surface area contributed by atoms with E-state index < -0.39 is 0 Å². The maximum Gasteiger partial charge on any atom is 0.269 e. The van der Waals surface area contributed by atoms with Crippen LogP contribution in [0.3, 0.4) is 0 Å². The van der Waals surface area contributed by atoms with Crippen molar-refractivity contribution in [3.8, 4) is 0 Å². The fourth-order valence-electron chi connectivity index (χ4n) is 2.10. The van der Waals surface area contributed by atoms with Crippen molar-refractivity contribution in [1.29, 1.82) is 0 Å². The molecule has 1 fully saturated rings. The zero-order chi connectivity index (χ0) is 13.0. The first-order chi connectivity index (χ1) is 8.59. The van der Waals surface area contributed by atoms with Gasteiger partial charge in [-0.1, -0.05) is 18.5 Å². The third kappa shape index (κ3) is 3.43. The third-order valence-electron chi connectivity index (χ3n) is 3.45. The van der Waals surface area contributed by atoms with Crippen LogP contribution in [0.5, 0.6) is 0 Å². The molecule has 0 aromatic carbocycles. The molecule has 1 aliphatic rings. The molecule has 0 saturated carbocycles. The molecule has 1 aliphatic heterocycles. The van der Waals surface area contributed by atoms with E-state index in [1.54, 1.807) is 12.1 Å². The van der Waals surface area contributed by atoms with E-state index in [-0.39, 0.29) is 11.3 Å². The fraction of sp³-hybridized carbons (Fsp3) is 0.538. The van der Waals surface area contributed by atoms with Crippen LogP contribution in [0.2, 0.25) is 5.02 Å². The summed E-state index contributed by atoms with van der Waals surface area (Å²) in [4.78, 5) is 15.9. The Morgan fingerprint density at radius 2 is 2.22 bits per heavy atom. The van der Waals surface area contributed by atoms with Crippen molar-refractivity contribution in [2.24, 2.45) is 5.41 Å². The number of aromatic nitrogens is 1. The zero-order valence-electron chi connectivity index (χ0n) is 10.5. The average Bonchev–Trinajstić information content (AvgIpc) is 2.38. The summed E-state index contributed by atoms with van der Waals surface area (Å²) in [5.41, 5.74) is 0.602. The predicted molar refractivity (Wildman–Crippen MR) is 71.8 cm³/mol. The van der Waals surface area contributed by atoms with Crippen molar-refractivity contribution in [2.45, 2.75) is 19.8 Å². The third-order valence-corrected chi connectivity index (χ3v) is 3.67. The highest BCUT2D eigenvalue weighted by Gasteiger charge is 2.27. The second-order valence-electron chi connectivity index (χ2n) is 5.10. The molecule has 4 nitrogen and oxygen atoms in total. The van der Waals surface area contributed by atoms with Crippen molar-refractivity contribution in [2.75, 3.05) is 19.6 Å². The Morgan fingerprint density at radius 3 is 2.83 bits per heavy atom. The molecule has 1 aromatic rings. The van der Waals surface area contributed by atoms with Crippen LogP contribution in [0.4, 0.5) is 0 Å². The van der Waals surface area contributed by atoms with Gasteiger partial charge in [0.2, 0.25) is 0 Å². The summed E-state index contributed by atoms with van der Waals surface area (Å²) in [6.45, 7) is 4.94. The second-order valence-corrected chi connectivity index (χ2v) is 5.54. The quantitative estimate of drug-likeness (QED) is 0.879. The molecule has 0 radical (unpaired) electrons. The first-order valence-corrected chi connectivity index (χ1v) is 6.57. The minimum Gasteiger partial charge on any atom is -0.350 e. The Balaban J connectivity index is 1.89. The Labute approximate surface area is 112 Å². The number of carbonyl (C=O) groups excluding carboxylic acids is 1. The van der Waals surface area contributed by atoms with E-state index in [0.717, 1.165) is 25.9 Å². The van der Waals surface area contributed by atoms with Gasteiger partial charge in [0.05, 0.1) is 5.02 Å². The SMILES string of the molecule is CC1(CNC(=O)c2ccc(Cl)cn2)CCNCC1. The summed E-state index contributed by atoms with van der Waals surface area (Å²) < 4.78 is 0. The van der Waals surface area contributed by atoms with E-state index in [4.69, 9.17) is 11.6 Å². The number of halogens is 1. The lowest BCUT2D eigenvalue weighted by molar-refractivity contribution is 0.0917. The van der Waals surface area contributed by atoms with Gasteiger partial charge in [-0.3, -0.25) is 4.79 Å². The Morgan fingerprint density at radius 1 is 1.50 bits per heavy atom. The summed E-state index contributed by atoms with van der Waals surface area (Å²) in [6, 6.07) is 3.32. The van der Waals surface area contributed by atoms with Gasteiger partial charge in [0.25, 0.3) is 5.91 Å². The Bertz CT molecular complexity index is 413. The molecule has 0 atom stereocenters. The normalized spacial score (nSPS) is 18.3. The lowest BCUT2D eigenvalue weighted by Crippen LogP contribution is -2.43. The van der Waals surface area contributed by atoms with E-state index in [9.17, 15) is 4.79 Å². The van der Waals surface area contributed by atoms with Crippen LogP contribution in [0.25, 0.3) is 0 Å². The van der Waals surface area contributed by atoms with Gasteiger partial charge in [-0.15, -0.1) is 0 Å². The molecule has 18 heavy (non-hydrogen) atoms. The maximum atomic E-state index is 11.9. The monoisotopic (exact) mass is 267 g/mol. The first-order valence-electron chi connectivity index (χ1n) is 6.20. The van der Waals surface area contributed by atoms with Crippen LogP contribution in [0, 0.1) is 5.41 Å². The lowest BCUT2D eigenvalue weighted by atomic mass is 9.81. The van der Waals surface area contributed by atoms with Crippen molar-refractivity contribution in [3.05, 3.63) is 29.0 Å². The molecule has 2 N–H and O–H groups in total. The predicted octanol–water partition coefficient (Wildman–Crippen LogP) is 1.85. The van der Waals surface area contributed by atoms with E-state index >= 15 is 0 Å². The molecular weight excluding hydrogens is 250 g/mol. The molecule has 2 rings (SSSR count). The van der Waals surface area contributed by atoms with Crippen LogP contribution in [-0.4, -0.2) is 30.5 Å². The molecule has 98 valence electrons. The molecule has 1 aromatic heterocycles. The molecule has 0 aliphatic carbocycles. The number of hydrogen-bond donors (Lipinski definition) is 2. The molecule has 1 amide bonds. The average molecular weight is 268 g/mol. The molecule has 2 heterocycles. The van der Waals surface area contributed by atoms with E-state index in [1.165, 1.54) is 6.20 Å². The summed E-state index contributed by atoms with van der Waals surface area (Å²) in [7, 11) is 0. The molecule has 0 unspecified atom stereocenters. The Kier molecular flexibility index (Phi) is 4.19. The van der Waals surface area contributed by atoms with Crippen LogP contribution in [-0.2, 0) is 0 Å². The van der Waals surface area contributed by atoms with Gasteiger partial charge in [-0.25, -0.2) is 4.98 Å². The number of nitrogens with zero attached hydrogens (tertiary/aromatic N) is 1. The maximum absolute atomic E-state index is 11.9. The number of rotatable bonds is 3. The minimum absolute atomic E-state index is 0.133. The van der Waals surface area contributed by atoms with Crippen LogP contribution < -0.4 is 10.6 Å². The van der Waals surface area contributed by atoms with Crippen molar-refractivity contribution in [1.82, 2.24) is 15.6 Å². The minimum atomic E-state index is -0.133. The highest BCUT2D eigenvalue weighted by Crippen LogP contribution is 2.26. The van der Waals surface area contributed by atoms with Gasteiger partial charge in [-0.2, -0.15) is 0 Å². The standard InChI is InChI=1S/C13H18ClN3O/c1-13(4-6-15-7-5-13)9-17-12(18)11-3-2-10(14)8-16-11/h2-3,8,15H,4-7,9H2,1H3,(H,17,18). The zero-order valence-corrected chi connectivity index (χ0v) is 11.3. The first kappa shape index (κ1) is 13.3. The summed E-state index contributed by atoms with van der Waals surface area (Å²) in [5.74, 6) is -0.133. The molecule has 5 heteroatoms. The summed E-state index contributed by atoms with van der Waals surface area (Å²) in [5, 5.41) is 6.82. The van der Waals surface area contributed by atoms with E-state index in [2.05, 4.69) is 22.5 Å². The molecular formula is C13H18ClN3O. The van der Waals surface area contributed by atoms with Crippen LogP contribution in [0.15, 0.2) is 18.3 Å². The highest BCUT2D eigenvalue weighted by molar-refractivity contribution is 6.30. The van der Waals surface area contributed by atoms with Crippen LogP contribution >= 0.6 is 11.6 Å². The van der Waals surface area contributed by atoms with Gasteiger partial charge in [0.15, 0.2) is 0 Å². The summed E-state index contributed by atoms with van der Waals surface area (Å²) >= 11 is 5.74. The molecule has 0 bridgehead atoms. The molecule has 1 saturated heterocycles. The van der Waals surface area contributed by atoms with Crippen molar-refractivity contribution in [3.63, 3.8) is 0 Å². The molecule has 0 spiro atoms. The number of piperidine rings is 1. The van der Waals surface area contributed by atoms with E-state index in [0.29, 0.717) is 17.3 Å².